The predicted octanol–water partition coefficient (Wildman–Crippen LogP) is 7.73. The van der Waals surface area contributed by atoms with Crippen LogP contribution >= 0.6 is 0 Å². The average molecular weight is 575 g/mol. The lowest BCUT2D eigenvalue weighted by Crippen LogP contribution is -2.42. The third kappa shape index (κ3) is 6.77. The van der Waals surface area contributed by atoms with Gasteiger partial charge in [0.05, 0.1) is 13.2 Å². The highest BCUT2D eigenvalue weighted by Crippen LogP contribution is 2.41. The Kier molecular flexibility index (Phi) is 8.85. The standard InChI is InChI=1S/C33H38O7Si/c1-33(2,3)41(5,6)40-29(18-21-10-8-7-9-11-21)22-12-15-27-25(19-22)26-20-23(13-16-28(26)39-27)31(35)24(32(36)37)14-17-30(34)38-4/h7-13,15-16,19-20,24,29H,14,17-18H2,1-6H3,(H,36,37). The number of carboxylic acids is 1. The van der Waals surface area contributed by atoms with Crippen molar-refractivity contribution in [1.29, 1.82) is 0 Å². The number of rotatable bonds is 11. The van der Waals surface area contributed by atoms with E-state index < -0.39 is 32.0 Å². The minimum absolute atomic E-state index is 0.0260. The second-order valence-electron chi connectivity index (χ2n) is 12.0. The van der Waals surface area contributed by atoms with Crippen LogP contribution in [0.5, 0.6) is 0 Å². The van der Waals surface area contributed by atoms with Crippen LogP contribution in [0.1, 0.15) is 61.2 Å². The van der Waals surface area contributed by atoms with Crippen LogP contribution in [-0.4, -0.2) is 38.3 Å². The highest BCUT2D eigenvalue weighted by molar-refractivity contribution is 6.74. The molecule has 7 nitrogen and oxygen atoms in total. The molecule has 0 saturated carbocycles. The van der Waals surface area contributed by atoms with Gasteiger partial charge in [-0.1, -0.05) is 57.2 Å². The predicted molar refractivity (Wildman–Crippen MR) is 162 cm³/mol. The van der Waals surface area contributed by atoms with Crippen LogP contribution in [0.4, 0.5) is 0 Å². The maximum Gasteiger partial charge on any atom is 0.314 e. The largest absolute Gasteiger partial charge is 0.481 e. The first-order valence-electron chi connectivity index (χ1n) is 13.8. The monoisotopic (exact) mass is 574 g/mol. The van der Waals surface area contributed by atoms with E-state index in [0.717, 1.165) is 16.3 Å². The van der Waals surface area contributed by atoms with E-state index in [1.54, 1.807) is 18.2 Å². The van der Waals surface area contributed by atoms with Gasteiger partial charge in [-0.25, -0.2) is 0 Å². The van der Waals surface area contributed by atoms with Crippen molar-refractivity contribution in [3.63, 3.8) is 0 Å². The van der Waals surface area contributed by atoms with Gasteiger partial charge in [-0.05, 0) is 66.0 Å². The van der Waals surface area contributed by atoms with Crippen molar-refractivity contribution in [3.8, 4) is 0 Å². The molecule has 2 atom stereocenters. The summed E-state index contributed by atoms with van der Waals surface area (Å²) in [5.41, 5.74) is 3.70. The number of ketones is 1. The van der Waals surface area contributed by atoms with E-state index >= 15 is 0 Å². The van der Waals surface area contributed by atoms with Crippen LogP contribution in [0, 0.1) is 5.92 Å². The van der Waals surface area contributed by atoms with Gasteiger partial charge in [0.25, 0.3) is 0 Å². The first-order valence-corrected chi connectivity index (χ1v) is 16.7. The van der Waals surface area contributed by atoms with E-state index in [1.807, 2.05) is 30.3 Å². The zero-order chi connectivity index (χ0) is 29.9. The molecule has 0 bridgehead atoms. The summed E-state index contributed by atoms with van der Waals surface area (Å²) in [5.74, 6) is -3.74. The van der Waals surface area contributed by atoms with Crippen molar-refractivity contribution in [3.05, 3.63) is 83.4 Å². The number of fused-ring (bicyclic) bond motifs is 3. The Morgan fingerprint density at radius 1 is 0.927 bits per heavy atom. The van der Waals surface area contributed by atoms with E-state index in [2.05, 4.69) is 56.8 Å². The summed E-state index contributed by atoms with van der Waals surface area (Å²) < 4.78 is 17.6. The number of Topliss-reactive ketones (excluding diaryl/α,β-unsaturated/α-hetero) is 1. The smallest absolute Gasteiger partial charge is 0.314 e. The maximum atomic E-state index is 13.2. The summed E-state index contributed by atoms with van der Waals surface area (Å²) in [7, 11) is -0.902. The minimum atomic E-state index is -2.13. The highest BCUT2D eigenvalue weighted by Gasteiger charge is 2.39. The lowest BCUT2D eigenvalue weighted by Gasteiger charge is -2.39. The third-order valence-corrected chi connectivity index (χ3v) is 12.6. The number of esters is 1. The minimum Gasteiger partial charge on any atom is -0.481 e. The van der Waals surface area contributed by atoms with Crippen LogP contribution in [0.25, 0.3) is 21.9 Å². The van der Waals surface area contributed by atoms with Crippen LogP contribution in [0.3, 0.4) is 0 Å². The normalized spacial score (nSPS) is 13.7. The summed E-state index contributed by atoms with van der Waals surface area (Å²) in [5, 5.41) is 11.3. The Labute approximate surface area is 241 Å². The molecule has 0 spiro atoms. The van der Waals surface area contributed by atoms with Crippen molar-refractivity contribution >= 4 is 48.0 Å². The molecule has 216 valence electrons. The number of carboxylic acid groups (broad SMARTS) is 1. The van der Waals surface area contributed by atoms with Gasteiger partial charge in [-0.3, -0.25) is 14.4 Å². The van der Waals surface area contributed by atoms with Crippen molar-refractivity contribution < 1.29 is 33.1 Å². The van der Waals surface area contributed by atoms with Gasteiger partial charge in [0.15, 0.2) is 14.1 Å². The van der Waals surface area contributed by atoms with Gasteiger partial charge >= 0.3 is 11.9 Å². The Morgan fingerprint density at radius 2 is 1.56 bits per heavy atom. The Morgan fingerprint density at radius 3 is 2.17 bits per heavy atom. The van der Waals surface area contributed by atoms with Crippen LogP contribution < -0.4 is 0 Å². The van der Waals surface area contributed by atoms with E-state index in [0.29, 0.717) is 17.6 Å². The summed E-state index contributed by atoms with van der Waals surface area (Å²) in [4.78, 5) is 36.7. The van der Waals surface area contributed by atoms with Crippen LogP contribution in [0.2, 0.25) is 18.1 Å². The van der Waals surface area contributed by atoms with Crippen molar-refractivity contribution in [2.75, 3.05) is 7.11 Å². The summed E-state index contributed by atoms with van der Waals surface area (Å²) in [6.07, 6.45) is 0.225. The molecule has 0 aliphatic rings. The summed E-state index contributed by atoms with van der Waals surface area (Å²) in [6.45, 7) is 11.2. The summed E-state index contributed by atoms with van der Waals surface area (Å²) in [6, 6.07) is 21.2. The zero-order valence-corrected chi connectivity index (χ0v) is 25.5. The molecule has 8 heteroatoms. The Bertz CT molecular complexity index is 1560. The van der Waals surface area contributed by atoms with Gasteiger partial charge in [0.1, 0.15) is 17.1 Å². The highest BCUT2D eigenvalue weighted by atomic mass is 28.4. The number of hydrogen-bond acceptors (Lipinski definition) is 6. The van der Waals surface area contributed by atoms with Gasteiger partial charge < -0.3 is 18.7 Å². The second-order valence-corrected chi connectivity index (χ2v) is 16.8. The fourth-order valence-corrected chi connectivity index (χ4v) is 5.95. The average Bonchev–Trinajstić information content (AvgIpc) is 3.29. The van der Waals surface area contributed by atoms with Crippen molar-refractivity contribution in [1.82, 2.24) is 0 Å². The second kappa shape index (κ2) is 12.0. The molecular formula is C33H38O7Si. The number of methoxy groups -OCH3 is 1. The van der Waals surface area contributed by atoms with Gasteiger partial charge in [0.2, 0.25) is 0 Å². The lowest BCUT2D eigenvalue weighted by molar-refractivity contribution is -0.142. The molecule has 1 N–H and O–H groups in total. The topological polar surface area (TPSA) is 103 Å². The van der Waals surface area contributed by atoms with E-state index in [4.69, 9.17) is 8.84 Å². The molecule has 2 unspecified atom stereocenters. The number of carbonyl (C=O) groups excluding carboxylic acids is 2. The molecule has 3 aromatic carbocycles. The molecule has 1 aromatic heterocycles. The first-order chi connectivity index (χ1) is 19.3. The molecule has 4 aromatic rings. The van der Waals surface area contributed by atoms with Gasteiger partial charge in [-0.2, -0.15) is 0 Å². The quantitative estimate of drug-likeness (QED) is 0.0846. The number of ether oxygens (including phenoxy) is 1. The molecule has 0 saturated heterocycles. The van der Waals surface area contributed by atoms with Gasteiger partial charge in [0, 0.05) is 29.2 Å². The SMILES string of the molecule is COC(=O)CCC(C(=O)O)C(=O)c1ccc2oc3ccc(C(Cc4ccccc4)O[Si](C)(C)C(C)(C)C)cc3c2c1. The molecule has 1 heterocycles. The maximum absolute atomic E-state index is 13.2. The van der Waals surface area contributed by atoms with Gasteiger partial charge in [-0.15, -0.1) is 0 Å². The van der Waals surface area contributed by atoms with Crippen LogP contribution in [-0.2, 0) is 25.2 Å². The number of carbonyl (C=O) groups is 3. The Hall–Kier alpha value is -3.75. The fourth-order valence-electron chi connectivity index (χ4n) is 4.67. The molecule has 0 amide bonds. The molecule has 0 fully saturated rings. The first kappa shape index (κ1) is 30.2. The van der Waals surface area contributed by atoms with E-state index in [1.165, 1.54) is 12.7 Å². The summed E-state index contributed by atoms with van der Waals surface area (Å²) >= 11 is 0. The number of benzene rings is 3. The molecule has 41 heavy (non-hydrogen) atoms. The number of aliphatic carboxylic acids is 1. The molecule has 0 aliphatic heterocycles. The number of furan rings is 1. The molecule has 0 aliphatic carbocycles. The van der Waals surface area contributed by atoms with Crippen molar-refractivity contribution in [2.24, 2.45) is 5.92 Å². The fraction of sp³-hybridized carbons (Fsp3) is 0.364. The van der Waals surface area contributed by atoms with Crippen molar-refractivity contribution in [2.45, 2.75) is 64.3 Å². The van der Waals surface area contributed by atoms with E-state index in [-0.39, 0.29) is 29.5 Å². The molecular weight excluding hydrogens is 536 g/mol. The lowest BCUT2D eigenvalue weighted by atomic mass is 9.92. The van der Waals surface area contributed by atoms with E-state index in [9.17, 15) is 19.5 Å². The van der Waals surface area contributed by atoms with Crippen LogP contribution in [0.15, 0.2) is 71.1 Å². The molecule has 4 rings (SSSR count). The number of hydrogen-bond donors (Lipinski definition) is 1. The Balaban J connectivity index is 1.74. The molecule has 0 radical (unpaired) electrons. The zero-order valence-electron chi connectivity index (χ0n) is 24.5. The third-order valence-electron chi connectivity index (χ3n) is 8.14.